The molecule has 0 aliphatic rings. The number of carbonyl (C=O) groups is 1. The molecule has 0 heterocycles. The summed E-state index contributed by atoms with van der Waals surface area (Å²) in [5.41, 5.74) is 0. The molecule has 0 radical (unpaired) electrons. The van der Waals surface area contributed by atoms with Crippen LogP contribution >= 0.6 is 0 Å². The fraction of sp³-hybridized carbons (Fsp3) is 0.833. The van der Waals surface area contributed by atoms with E-state index in [4.69, 9.17) is 0 Å². The molecule has 0 bridgehead atoms. The number of hydrogen-bond donors (Lipinski definition) is 2. The van der Waals surface area contributed by atoms with Crippen LogP contribution in [-0.4, -0.2) is 52.8 Å². The van der Waals surface area contributed by atoms with Crippen molar-refractivity contribution in [3.63, 3.8) is 0 Å². The number of urea groups is 1. The molecule has 0 aliphatic heterocycles. The van der Waals surface area contributed by atoms with Gasteiger partial charge in [-0.3, -0.25) is 0 Å². The molecule has 0 spiro atoms. The highest BCUT2D eigenvalue weighted by molar-refractivity contribution is 7.88. The largest absolute Gasteiger partial charge is 0.337 e. The van der Waals surface area contributed by atoms with Crippen LogP contribution in [0.15, 0.2) is 0 Å². The average molecular weight is 209 g/mol. The Labute approximate surface area is 78.3 Å². The van der Waals surface area contributed by atoms with Crippen molar-refractivity contribution < 1.29 is 13.2 Å². The minimum absolute atomic E-state index is 0.207. The van der Waals surface area contributed by atoms with Gasteiger partial charge in [0, 0.05) is 27.2 Å². The molecule has 0 saturated heterocycles. The summed E-state index contributed by atoms with van der Waals surface area (Å²) in [4.78, 5) is 12.3. The van der Waals surface area contributed by atoms with Gasteiger partial charge in [-0.25, -0.2) is 17.9 Å². The Bertz CT molecular complexity index is 260. The lowest BCUT2D eigenvalue weighted by atomic mass is 10.6. The van der Waals surface area contributed by atoms with E-state index in [2.05, 4.69) is 10.0 Å². The molecular formula is C6H15N3O3S. The van der Waals surface area contributed by atoms with Gasteiger partial charge in [0.25, 0.3) is 0 Å². The van der Waals surface area contributed by atoms with Crippen molar-refractivity contribution in [3.05, 3.63) is 0 Å². The number of rotatable bonds is 4. The van der Waals surface area contributed by atoms with Crippen LogP contribution in [0.1, 0.15) is 0 Å². The standard InChI is InChI=1S/C6H15N3O3S/c1-9(2)6(10)7-4-5-8-13(3,11)12/h8H,4-5H2,1-3H3,(H,7,10). The number of nitrogens with zero attached hydrogens (tertiary/aromatic N) is 1. The van der Waals surface area contributed by atoms with Crippen molar-refractivity contribution in [2.45, 2.75) is 0 Å². The average Bonchev–Trinajstić information content (AvgIpc) is 1.95. The molecule has 2 amide bonds. The lowest BCUT2D eigenvalue weighted by Crippen LogP contribution is -2.39. The molecule has 0 atom stereocenters. The van der Waals surface area contributed by atoms with Gasteiger partial charge in [-0.15, -0.1) is 0 Å². The summed E-state index contributed by atoms with van der Waals surface area (Å²) in [6.45, 7) is 0.489. The van der Waals surface area contributed by atoms with E-state index >= 15 is 0 Å². The molecule has 0 aromatic rings. The molecule has 0 rings (SSSR count). The summed E-state index contributed by atoms with van der Waals surface area (Å²) in [5, 5.41) is 2.51. The predicted molar refractivity (Wildman–Crippen MR) is 49.9 cm³/mol. The molecule has 2 N–H and O–H groups in total. The molecule has 0 fully saturated rings. The second-order valence-electron chi connectivity index (χ2n) is 2.79. The maximum absolute atomic E-state index is 10.9. The van der Waals surface area contributed by atoms with Gasteiger partial charge in [-0.1, -0.05) is 0 Å². The maximum atomic E-state index is 10.9. The summed E-state index contributed by atoms with van der Waals surface area (Å²) in [7, 11) is 0.0637. The molecule has 6 nitrogen and oxygen atoms in total. The third kappa shape index (κ3) is 7.54. The van der Waals surface area contributed by atoms with Crippen LogP contribution in [0.5, 0.6) is 0 Å². The van der Waals surface area contributed by atoms with Gasteiger partial charge in [0.2, 0.25) is 10.0 Å². The summed E-state index contributed by atoms with van der Waals surface area (Å²) in [5.74, 6) is 0. The molecule has 78 valence electrons. The Kier molecular flexibility index (Phi) is 4.71. The molecule has 0 unspecified atom stereocenters. The molecule has 0 aromatic carbocycles. The van der Waals surface area contributed by atoms with Crippen LogP contribution in [0.25, 0.3) is 0 Å². The fourth-order valence-electron chi connectivity index (χ4n) is 0.564. The first kappa shape index (κ1) is 12.2. The summed E-state index contributed by atoms with van der Waals surface area (Å²) in [6.07, 6.45) is 1.07. The third-order valence-corrected chi connectivity index (χ3v) is 1.90. The Hall–Kier alpha value is -0.820. The maximum Gasteiger partial charge on any atom is 0.316 e. The van der Waals surface area contributed by atoms with Crippen molar-refractivity contribution in [1.29, 1.82) is 0 Å². The number of sulfonamides is 1. The second kappa shape index (κ2) is 5.03. The van der Waals surface area contributed by atoms with E-state index in [0.717, 1.165) is 6.26 Å². The van der Waals surface area contributed by atoms with Crippen LogP contribution in [0.3, 0.4) is 0 Å². The minimum Gasteiger partial charge on any atom is -0.337 e. The highest BCUT2D eigenvalue weighted by Crippen LogP contribution is 1.76. The summed E-state index contributed by atoms with van der Waals surface area (Å²) < 4.78 is 23.4. The van der Waals surface area contributed by atoms with E-state index in [1.165, 1.54) is 4.90 Å². The van der Waals surface area contributed by atoms with E-state index in [1.807, 2.05) is 0 Å². The van der Waals surface area contributed by atoms with Crippen molar-refractivity contribution in [2.24, 2.45) is 0 Å². The van der Waals surface area contributed by atoms with Crippen LogP contribution in [0.4, 0.5) is 4.79 Å². The van der Waals surface area contributed by atoms with Gasteiger partial charge in [0.15, 0.2) is 0 Å². The van der Waals surface area contributed by atoms with Gasteiger partial charge in [0.05, 0.1) is 6.26 Å². The van der Waals surface area contributed by atoms with Crippen LogP contribution < -0.4 is 10.0 Å². The van der Waals surface area contributed by atoms with Gasteiger partial charge in [-0.2, -0.15) is 0 Å². The Morgan fingerprint density at radius 3 is 2.23 bits per heavy atom. The Balaban J connectivity index is 3.53. The van der Waals surface area contributed by atoms with Crippen LogP contribution in [0.2, 0.25) is 0 Å². The summed E-state index contributed by atoms with van der Waals surface area (Å²) >= 11 is 0. The molecule has 0 aromatic heterocycles. The molecular weight excluding hydrogens is 194 g/mol. The number of amides is 2. The van der Waals surface area contributed by atoms with Gasteiger partial charge >= 0.3 is 6.03 Å². The number of carbonyl (C=O) groups excluding carboxylic acids is 1. The smallest absolute Gasteiger partial charge is 0.316 e. The SMILES string of the molecule is CN(C)C(=O)NCCNS(C)(=O)=O. The van der Waals surface area contributed by atoms with Gasteiger partial charge < -0.3 is 10.2 Å². The molecule has 13 heavy (non-hydrogen) atoms. The fourth-order valence-corrected chi connectivity index (χ4v) is 1.04. The highest BCUT2D eigenvalue weighted by Gasteiger charge is 2.02. The lowest BCUT2D eigenvalue weighted by Gasteiger charge is -2.11. The van der Waals surface area contributed by atoms with Crippen molar-refractivity contribution in [2.75, 3.05) is 33.4 Å². The normalized spacial score (nSPS) is 11.0. The van der Waals surface area contributed by atoms with Gasteiger partial charge in [0.1, 0.15) is 0 Å². The minimum atomic E-state index is -3.16. The topological polar surface area (TPSA) is 78.5 Å². The van der Waals surface area contributed by atoms with Crippen LogP contribution in [-0.2, 0) is 10.0 Å². The zero-order valence-corrected chi connectivity index (χ0v) is 8.81. The number of nitrogens with one attached hydrogen (secondary N) is 2. The first-order chi connectivity index (χ1) is 5.83. The Morgan fingerprint density at radius 2 is 1.85 bits per heavy atom. The predicted octanol–water partition coefficient (Wildman–Crippen LogP) is -1.19. The van der Waals surface area contributed by atoms with E-state index in [9.17, 15) is 13.2 Å². The zero-order chi connectivity index (χ0) is 10.5. The summed E-state index contributed by atoms with van der Waals surface area (Å²) in [6, 6.07) is -0.240. The van der Waals surface area contributed by atoms with Crippen molar-refractivity contribution in [3.8, 4) is 0 Å². The van der Waals surface area contributed by atoms with Crippen molar-refractivity contribution in [1.82, 2.24) is 14.9 Å². The molecule has 7 heteroatoms. The quantitative estimate of drug-likeness (QED) is 0.571. The molecule has 0 saturated carbocycles. The van der Waals surface area contributed by atoms with E-state index in [-0.39, 0.29) is 19.1 Å². The third-order valence-electron chi connectivity index (χ3n) is 1.17. The zero-order valence-electron chi connectivity index (χ0n) is 7.99. The first-order valence-corrected chi connectivity index (χ1v) is 5.62. The Morgan fingerprint density at radius 1 is 1.31 bits per heavy atom. The van der Waals surface area contributed by atoms with E-state index in [1.54, 1.807) is 14.1 Å². The first-order valence-electron chi connectivity index (χ1n) is 3.72. The van der Waals surface area contributed by atoms with Crippen molar-refractivity contribution >= 4 is 16.1 Å². The lowest BCUT2D eigenvalue weighted by molar-refractivity contribution is 0.217. The molecule has 0 aliphatic carbocycles. The van der Waals surface area contributed by atoms with E-state index < -0.39 is 10.0 Å². The monoisotopic (exact) mass is 209 g/mol. The van der Waals surface area contributed by atoms with E-state index in [0.29, 0.717) is 0 Å². The number of hydrogen-bond acceptors (Lipinski definition) is 3. The second-order valence-corrected chi connectivity index (χ2v) is 4.63. The van der Waals surface area contributed by atoms with Crippen LogP contribution in [0, 0.1) is 0 Å². The highest BCUT2D eigenvalue weighted by atomic mass is 32.2. The van der Waals surface area contributed by atoms with Gasteiger partial charge in [-0.05, 0) is 0 Å².